The molecule has 0 radical (unpaired) electrons. The Balaban J connectivity index is 1.24. The lowest BCUT2D eigenvalue weighted by Crippen LogP contribution is -2.48. The lowest BCUT2D eigenvalue weighted by Gasteiger charge is -2.34. The van der Waals surface area contributed by atoms with Gasteiger partial charge in [-0.3, -0.25) is 19.4 Å². The average Bonchev–Trinajstić information content (AvgIpc) is 2.90. The van der Waals surface area contributed by atoms with E-state index in [1.54, 1.807) is 55.6 Å². The van der Waals surface area contributed by atoms with Crippen LogP contribution in [0.1, 0.15) is 26.3 Å². The first-order chi connectivity index (χ1) is 17.1. The average molecular weight is 473 g/mol. The number of nitrogens with one attached hydrogen (secondary N) is 2. The molecule has 1 fully saturated rings. The summed E-state index contributed by atoms with van der Waals surface area (Å²) in [6.45, 7) is 6.33. The van der Waals surface area contributed by atoms with Crippen LogP contribution in [0.15, 0.2) is 78.9 Å². The molecule has 3 aromatic carbocycles. The smallest absolute Gasteiger partial charge is 0.255 e. The molecule has 4 rings (SSSR count). The molecule has 2 amide bonds. The van der Waals surface area contributed by atoms with Gasteiger partial charge in [0.15, 0.2) is 0 Å². The second-order valence-electron chi connectivity index (χ2n) is 8.59. The Labute approximate surface area is 206 Å². The molecule has 182 valence electrons. The summed E-state index contributed by atoms with van der Waals surface area (Å²) in [5, 5.41) is 5.86. The summed E-state index contributed by atoms with van der Waals surface area (Å²) in [5.41, 5.74) is 2.76. The summed E-state index contributed by atoms with van der Waals surface area (Å²) in [6.07, 6.45) is 0. The Morgan fingerprint density at radius 1 is 0.800 bits per heavy atom. The molecular formula is C28H32N4O3. The number of benzene rings is 3. The van der Waals surface area contributed by atoms with Gasteiger partial charge in [-0.05, 0) is 42.0 Å². The molecule has 0 unspecified atom stereocenters. The van der Waals surface area contributed by atoms with Gasteiger partial charge >= 0.3 is 0 Å². The summed E-state index contributed by atoms with van der Waals surface area (Å²) in [7, 11) is 1.58. The van der Waals surface area contributed by atoms with Gasteiger partial charge in [0.1, 0.15) is 5.75 Å². The van der Waals surface area contributed by atoms with Gasteiger partial charge in [-0.15, -0.1) is 0 Å². The van der Waals surface area contributed by atoms with E-state index < -0.39 is 0 Å². The third kappa shape index (κ3) is 6.91. The van der Waals surface area contributed by atoms with Crippen LogP contribution < -0.4 is 15.4 Å². The minimum Gasteiger partial charge on any atom is -0.497 e. The summed E-state index contributed by atoms with van der Waals surface area (Å²) >= 11 is 0. The van der Waals surface area contributed by atoms with E-state index in [2.05, 4.69) is 44.7 Å². The zero-order valence-corrected chi connectivity index (χ0v) is 20.1. The summed E-state index contributed by atoms with van der Waals surface area (Å²) < 4.78 is 5.14. The summed E-state index contributed by atoms with van der Waals surface area (Å²) in [6, 6.07) is 24.4. The van der Waals surface area contributed by atoms with Gasteiger partial charge in [0.2, 0.25) is 0 Å². The molecule has 0 aromatic heterocycles. The van der Waals surface area contributed by atoms with Crippen LogP contribution in [-0.4, -0.2) is 68.0 Å². The number of ether oxygens (including phenoxy) is 1. The normalized spacial score (nSPS) is 14.3. The maximum absolute atomic E-state index is 12.9. The molecule has 35 heavy (non-hydrogen) atoms. The van der Waals surface area contributed by atoms with Crippen molar-refractivity contribution in [3.8, 4) is 5.75 Å². The lowest BCUT2D eigenvalue weighted by molar-refractivity contribution is 0.0935. The minimum absolute atomic E-state index is 0.196. The van der Waals surface area contributed by atoms with Gasteiger partial charge < -0.3 is 15.4 Å². The van der Waals surface area contributed by atoms with Crippen molar-refractivity contribution < 1.29 is 14.3 Å². The zero-order valence-electron chi connectivity index (χ0n) is 20.1. The second kappa shape index (κ2) is 12.1. The molecule has 0 aliphatic carbocycles. The van der Waals surface area contributed by atoms with Crippen molar-refractivity contribution in [3.05, 3.63) is 95.6 Å². The highest BCUT2D eigenvalue weighted by atomic mass is 16.5. The Morgan fingerprint density at radius 2 is 1.46 bits per heavy atom. The summed E-state index contributed by atoms with van der Waals surface area (Å²) in [5.74, 6) is 0.207. The number of piperazine rings is 1. The van der Waals surface area contributed by atoms with Crippen LogP contribution in [0.2, 0.25) is 0 Å². The first kappa shape index (κ1) is 24.4. The maximum Gasteiger partial charge on any atom is 0.255 e. The van der Waals surface area contributed by atoms with E-state index in [0.29, 0.717) is 29.1 Å². The van der Waals surface area contributed by atoms with Gasteiger partial charge in [-0.1, -0.05) is 42.5 Å². The lowest BCUT2D eigenvalue weighted by atomic mass is 10.1. The fraction of sp³-hybridized carbons (Fsp3) is 0.286. The van der Waals surface area contributed by atoms with Crippen LogP contribution in [0.5, 0.6) is 5.75 Å². The predicted octanol–water partition coefficient (Wildman–Crippen LogP) is 3.50. The molecule has 1 aliphatic heterocycles. The molecule has 3 aromatic rings. The van der Waals surface area contributed by atoms with Crippen molar-refractivity contribution in [1.82, 2.24) is 15.1 Å². The molecule has 1 saturated heterocycles. The molecule has 7 heteroatoms. The van der Waals surface area contributed by atoms with Crippen LogP contribution in [-0.2, 0) is 6.54 Å². The maximum atomic E-state index is 12.9. The van der Waals surface area contributed by atoms with E-state index in [1.807, 2.05) is 6.07 Å². The molecular weight excluding hydrogens is 440 g/mol. The number of anilines is 1. The fourth-order valence-corrected chi connectivity index (χ4v) is 4.16. The van der Waals surface area contributed by atoms with Crippen LogP contribution in [0.3, 0.4) is 0 Å². The van der Waals surface area contributed by atoms with Crippen molar-refractivity contribution in [2.24, 2.45) is 0 Å². The standard InChI is InChI=1S/C28H32N4O3/c1-35-24-13-11-23(12-14-24)27(33)30-26-10-6-5-9-25(26)28(34)29-15-16-31-17-19-32(20-18-31)21-22-7-3-2-4-8-22/h2-14H,15-21H2,1H3,(H,29,34)(H,30,33). The molecule has 0 bridgehead atoms. The van der Waals surface area contributed by atoms with Gasteiger partial charge in [0.25, 0.3) is 11.8 Å². The molecule has 1 heterocycles. The number of carbonyl (C=O) groups excluding carboxylic acids is 2. The highest BCUT2D eigenvalue weighted by molar-refractivity contribution is 6.09. The number of rotatable bonds is 9. The SMILES string of the molecule is COc1ccc(C(=O)Nc2ccccc2C(=O)NCCN2CCN(Cc3ccccc3)CC2)cc1. The number of hydrogen-bond donors (Lipinski definition) is 2. The molecule has 2 N–H and O–H groups in total. The highest BCUT2D eigenvalue weighted by Crippen LogP contribution is 2.18. The molecule has 0 saturated carbocycles. The van der Waals surface area contributed by atoms with E-state index >= 15 is 0 Å². The fourth-order valence-electron chi connectivity index (χ4n) is 4.16. The van der Waals surface area contributed by atoms with Gasteiger partial charge in [0, 0.05) is 51.4 Å². The van der Waals surface area contributed by atoms with Crippen LogP contribution in [0.25, 0.3) is 0 Å². The van der Waals surface area contributed by atoms with E-state index in [1.165, 1.54) is 5.56 Å². The van der Waals surface area contributed by atoms with Crippen LogP contribution >= 0.6 is 0 Å². The highest BCUT2D eigenvalue weighted by Gasteiger charge is 2.18. The van der Waals surface area contributed by atoms with Gasteiger partial charge in [0.05, 0.1) is 18.4 Å². The minimum atomic E-state index is -0.277. The van der Waals surface area contributed by atoms with E-state index in [0.717, 1.165) is 39.3 Å². The number of amides is 2. The first-order valence-electron chi connectivity index (χ1n) is 11.9. The summed E-state index contributed by atoms with van der Waals surface area (Å²) in [4.78, 5) is 30.4. The van der Waals surface area contributed by atoms with Crippen molar-refractivity contribution >= 4 is 17.5 Å². The van der Waals surface area contributed by atoms with Crippen LogP contribution in [0, 0.1) is 0 Å². The van der Waals surface area contributed by atoms with E-state index in [4.69, 9.17) is 4.74 Å². The Hall–Kier alpha value is -3.68. The number of nitrogens with zero attached hydrogens (tertiary/aromatic N) is 2. The van der Waals surface area contributed by atoms with Crippen molar-refractivity contribution in [2.45, 2.75) is 6.54 Å². The van der Waals surface area contributed by atoms with E-state index in [-0.39, 0.29) is 11.8 Å². The third-order valence-corrected chi connectivity index (χ3v) is 6.20. The molecule has 0 atom stereocenters. The topological polar surface area (TPSA) is 73.9 Å². The Kier molecular flexibility index (Phi) is 8.48. The monoisotopic (exact) mass is 472 g/mol. The van der Waals surface area contributed by atoms with Crippen molar-refractivity contribution in [1.29, 1.82) is 0 Å². The predicted molar refractivity (Wildman–Crippen MR) is 138 cm³/mol. The number of carbonyl (C=O) groups is 2. The second-order valence-corrected chi connectivity index (χ2v) is 8.59. The number of para-hydroxylation sites is 1. The van der Waals surface area contributed by atoms with Gasteiger partial charge in [-0.2, -0.15) is 0 Å². The number of hydrogen-bond acceptors (Lipinski definition) is 5. The third-order valence-electron chi connectivity index (χ3n) is 6.20. The van der Waals surface area contributed by atoms with Crippen molar-refractivity contribution in [2.75, 3.05) is 51.7 Å². The first-order valence-corrected chi connectivity index (χ1v) is 11.9. The molecule has 0 spiro atoms. The molecule has 1 aliphatic rings. The Morgan fingerprint density at radius 3 is 2.17 bits per heavy atom. The van der Waals surface area contributed by atoms with Crippen LogP contribution in [0.4, 0.5) is 5.69 Å². The van der Waals surface area contributed by atoms with Crippen molar-refractivity contribution in [3.63, 3.8) is 0 Å². The Bertz CT molecular complexity index is 1110. The molecule has 7 nitrogen and oxygen atoms in total. The quantitative estimate of drug-likeness (QED) is 0.499. The zero-order chi connectivity index (χ0) is 24.5. The van der Waals surface area contributed by atoms with Gasteiger partial charge in [-0.25, -0.2) is 0 Å². The largest absolute Gasteiger partial charge is 0.497 e. The number of methoxy groups -OCH3 is 1. The van der Waals surface area contributed by atoms with E-state index in [9.17, 15) is 9.59 Å².